The smallest absolute Gasteiger partial charge is 0.194 e. The van der Waals surface area contributed by atoms with Crippen molar-refractivity contribution in [3.8, 4) is 0 Å². The molecule has 0 radical (unpaired) electrons. The van der Waals surface area contributed by atoms with Crippen LogP contribution in [0.4, 0.5) is 0 Å². The second-order valence-electron chi connectivity index (χ2n) is 9.48. The number of hydrogen-bond acceptors (Lipinski definition) is 4. The fraction of sp³-hybridized carbons (Fsp3) is 0.950. The van der Waals surface area contributed by atoms with Gasteiger partial charge >= 0.3 is 0 Å². The lowest BCUT2D eigenvalue weighted by molar-refractivity contribution is -0.0773. The SMILES string of the molecule is CC(C)(C)OC1CCN(C(=NCC2CCS(=O)(=O)C2)NC2CCCC2)CC1. The summed E-state index contributed by atoms with van der Waals surface area (Å²) in [6.45, 7) is 8.86. The second kappa shape index (κ2) is 8.68. The zero-order valence-electron chi connectivity index (χ0n) is 17.2. The van der Waals surface area contributed by atoms with Crippen LogP contribution in [0.1, 0.15) is 65.7 Å². The van der Waals surface area contributed by atoms with Gasteiger partial charge in [-0.3, -0.25) is 4.99 Å². The molecule has 0 aromatic heterocycles. The molecule has 6 nitrogen and oxygen atoms in total. The van der Waals surface area contributed by atoms with Crippen molar-refractivity contribution in [2.45, 2.75) is 83.5 Å². The Morgan fingerprint density at radius 2 is 1.78 bits per heavy atom. The number of piperidine rings is 1. The molecule has 3 fully saturated rings. The van der Waals surface area contributed by atoms with Crippen LogP contribution in [0.2, 0.25) is 0 Å². The van der Waals surface area contributed by atoms with Crippen LogP contribution in [-0.2, 0) is 14.6 Å². The van der Waals surface area contributed by atoms with Crippen molar-refractivity contribution >= 4 is 15.8 Å². The molecule has 0 spiro atoms. The van der Waals surface area contributed by atoms with E-state index in [2.05, 4.69) is 31.0 Å². The quantitative estimate of drug-likeness (QED) is 0.581. The molecule has 2 aliphatic heterocycles. The molecule has 0 bridgehead atoms. The lowest BCUT2D eigenvalue weighted by atomic mass is 10.1. The van der Waals surface area contributed by atoms with Crippen LogP contribution in [0.5, 0.6) is 0 Å². The largest absolute Gasteiger partial charge is 0.372 e. The maximum absolute atomic E-state index is 11.7. The molecule has 3 rings (SSSR count). The van der Waals surface area contributed by atoms with Crippen molar-refractivity contribution in [1.29, 1.82) is 0 Å². The molecule has 1 saturated carbocycles. The van der Waals surface area contributed by atoms with Gasteiger partial charge in [0.2, 0.25) is 0 Å². The molecule has 27 heavy (non-hydrogen) atoms. The first-order chi connectivity index (χ1) is 12.7. The Morgan fingerprint density at radius 3 is 2.33 bits per heavy atom. The van der Waals surface area contributed by atoms with Gasteiger partial charge in [0.15, 0.2) is 15.8 Å². The third kappa shape index (κ3) is 6.63. The van der Waals surface area contributed by atoms with Crippen molar-refractivity contribution < 1.29 is 13.2 Å². The minimum absolute atomic E-state index is 0.0974. The van der Waals surface area contributed by atoms with Gasteiger partial charge in [-0.25, -0.2) is 8.42 Å². The summed E-state index contributed by atoms with van der Waals surface area (Å²) in [7, 11) is -2.84. The highest BCUT2D eigenvalue weighted by Crippen LogP contribution is 2.23. The maximum atomic E-state index is 11.7. The molecule has 3 aliphatic rings. The number of likely N-dealkylation sites (tertiary alicyclic amines) is 1. The van der Waals surface area contributed by atoms with Crippen molar-refractivity contribution in [3.63, 3.8) is 0 Å². The predicted octanol–water partition coefficient (Wildman–Crippen LogP) is 2.59. The molecule has 1 atom stereocenters. The first-order valence-electron chi connectivity index (χ1n) is 10.6. The molecule has 1 unspecified atom stereocenters. The average molecular weight is 400 g/mol. The molecular weight excluding hydrogens is 362 g/mol. The van der Waals surface area contributed by atoms with Gasteiger partial charge < -0.3 is 15.0 Å². The number of ether oxygens (including phenoxy) is 1. The first-order valence-corrected chi connectivity index (χ1v) is 12.5. The van der Waals surface area contributed by atoms with Crippen LogP contribution >= 0.6 is 0 Å². The molecule has 7 heteroatoms. The number of hydrogen-bond donors (Lipinski definition) is 1. The Bertz CT molecular complexity index is 613. The van der Waals surface area contributed by atoms with Gasteiger partial charge in [0.1, 0.15) is 0 Å². The summed E-state index contributed by atoms with van der Waals surface area (Å²) in [5.41, 5.74) is -0.0974. The van der Waals surface area contributed by atoms with E-state index in [0.717, 1.165) is 38.3 Å². The van der Waals surface area contributed by atoms with E-state index in [1.165, 1.54) is 25.7 Å². The summed E-state index contributed by atoms with van der Waals surface area (Å²) in [4.78, 5) is 7.24. The number of sulfone groups is 1. The molecule has 0 aromatic carbocycles. The summed E-state index contributed by atoms with van der Waals surface area (Å²) in [6, 6.07) is 0.514. The Kier molecular flexibility index (Phi) is 6.72. The van der Waals surface area contributed by atoms with Gasteiger partial charge in [0, 0.05) is 25.7 Å². The fourth-order valence-electron chi connectivity index (χ4n) is 4.41. The minimum Gasteiger partial charge on any atom is -0.372 e. The molecule has 1 aliphatic carbocycles. The lowest BCUT2D eigenvalue weighted by Gasteiger charge is -2.37. The van der Waals surface area contributed by atoms with E-state index in [1.54, 1.807) is 0 Å². The molecule has 2 heterocycles. The molecule has 1 N–H and O–H groups in total. The number of nitrogens with zero attached hydrogens (tertiary/aromatic N) is 2. The molecule has 2 saturated heterocycles. The van der Waals surface area contributed by atoms with Gasteiger partial charge in [-0.15, -0.1) is 0 Å². The molecule has 156 valence electrons. The van der Waals surface area contributed by atoms with E-state index in [4.69, 9.17) is 9.73 Å². The Labute approximate surface area is 165 Å². The topological polar surface area (TPSA) is 71.0 Å². The zero-order valence-corrected chi connectivity index (χ0v) is 18.1. The summed E-state index contributed by atoms with van der Waals surface area (Å²) in [5, 5.41) is 3.68. The van der Waals surface area contributed by atoms with E-state index >= 15 is 0 Å². The van der Waals surface area contributed by atoms with Crippen LogP contribution in [0.3, 0.4) is 0 Å². The Balaban J connectivity index is 1.59. The Hall–Kier alpha value is -0.820. The maximum Gasteiger partial charge on any atom is 0.194 e. The zero-order chi connectivity index (χ0) is 19.5. The summed E-state index contributed by atoms with van der Waals surface area (Å²) in [6.07, 6.45) is 8.08. The monoisotopic (exact) mass is 399 g/mol. The number of guanidine groups is 1. The van der Waals surface area contributed by atoms with Gasteiger partial charge in [-0.05, 0) is 58.8 Å². The van der Waals surface area contributed by atoms with E-state index in [1.807, 2.05) is 0 Å². The van der Waals surface area contributed by atoms with Gasteiger partial charge in [0.05, 0.1) is 23.2 Å². The minimum atomic E-state index is -2.84. The van der Waals surface area contributed by atoms with Crippen molar-refractivity contribution in [2.24, 2.45) is 10.9 Å². The standard InChI is InChI=1S/C20H37N3O3S/c1-20(2,3)26-18-8-11-23(12-9-18)19(22-17-6-4-5-7-17)21-14-16-10-13-27(24,25)15-16/h16-18H,4-15H2,1-3H3,(H,21,22). The average Bonchev–Trinajstić information content (AvgIpc) is 3.20. The summed E-state index contributed by atoms with van der Waals surface area (Å²) in [5.74, 6) is 1.79. The number of nitrogens with one attached hydrogen (secondary N) is 1. The third-order valence-corrected chi connectivity index (χ3v) is 7.61. The molecule has 0 amide bonds. The van der Waals surface area contributed by atoms with E-state index < -0.39 is 9.84 Å². The van der Waals surface area contributed by atoms with Crippen molar-refractivity contribution in [1.82, 2.24) is 10.2 Å². The van der Waals surface area contributed by atoms with Crippen LogP contribution in [-0.4, -0.2) is 68.2 Å². The summed E-state index contributed by atoms with van der Waals surface area (Å²) < 4.78 is 29.6. The van der Waals surface area contributed by atoms with Gasteiger partial charge in [-0.2, -0.15) is 0 Å². The van der Waals surface area contributed by atoms with Crippen LogP contribution in [0.25, 0.3) is 0 Å². The van der Waals surface area contributed by atoms with Crippen molar-refractivity contribution in [3.05, 3.63) is 0 Å². The first kappa shape index (κ1) is 20.9. The highest BCUT2D eigenvalue weighted by atomic mass is 32.2. The number of aliphatic imine (C=N–C) groups is 1. The highest BCUT2D eigenvalue weighted by molar-refractivity contribution is 7.91. The highest BCUT2D eigenvalue weighted by Gasteiger charge is 2.30. The fourth-order valence-corrected chi connectivity index (χ4v) is 6.26. The lowest BCUT2D eigenvalue weighted by Crippen LogP contribution is -2.50. The Morgan fingerprint density at radius 1 is 1.11 bits per heavy atom. The van der Waals surface area contributed by atoms with Crippen LogP contribution in [0.15, 0.2) is 4.99 Å². The van der Waals surface area contributed by atoms with E-state index in [-0.39, 0.29) is 11.5 Å². The van der Waals surface area contributed by atoms with Crippen molar-refractivity contribution in [2.75, 3.05) is 31.1 Å². The molecule has 0 aromatic rings. The molecular formula is C20H37N3O3S. The van der Waals surface area contributed by atoms with Gasteiger partial charge in [-0.1, -0.05) is 12.8 Å². The number of rotatable bonds is 4. The second-order valence-corrected chi connectivity index (χ2v) is 11.7. The van der Waals surface area contributed by atoms with Crippen LogP contribution in [0, 0.1) is 5.92 Å². The van der Waals surface area contributed by atoms with Crippen LogP contribution < -0.4 is 5.32 Å². The van der Waals surface area contributed by atoms with E-state index in [0.29, 0.717) is 30.2 Å². The predicted molar refractivity (Wildman–Crippen MR) is 110 cm³/mol. The third-order valence-electron chi connectivity index (χ3n) is 5.78. The normalized spacial score (nSPS) is 28.0. The van der Waals surface area contributed by atoms with E-state index in [9.17, 15) is 8.42 Å². The summed E-state index contributed by atoms with van der Waals surface area (Å²) >= 11 is 0. The van der Waals surface area contributed by atoms with Gasteiger partial charge in [0.25, 0.3) is 0 Å².